The van der Waals surface area contributed by atoms with Crippen LogP contribution >= 0.6 is 0 Å². The Morgan fingerprint density at radius 2 is 1.94 bits per heavy atom. The van der Waals surface area contributed by atoms with Gasteiger partial charge in [-0.05, 0) is 29.9 Å². The first kappa shape index (κ1) is 21.3. The van der Waals surface area contributed by atoms with Crippen LogP contribution in [0.25, 0.3) is 38.0 Å². The highest BCUT2D eigenvalue weighted by Crippen LogP contribution is 2.48. The second kappa shape index (κ2) is 8.19. The van der Waals surface area contributed by atoms with E-state index in [-0.39, 0.29) is 25.0 Å². The molecule has 0 spiro atoms. The predicted molar refractivity (Wildman–Crippen MR) is 136 cm³/mol. The summed E-state index contributed by atoms with van der Waals surface area (Å²) in [7, 11) is 1.87. The number of carbonyl (C=O) groups is 1. The molecule has 2 N–H and O–H groups in total. The maximum Gasteiger partial charge on any atom is 0.237 e. The Hall–Kier alpha value is -4.28. The van der Waals surface area contributed by atoms with Crippen molar-refractivity contribution in [3.63, 3.8) is 0 Å². The minimum atomic E-state index is -0.0122. The highest BCUT2D eigenvalue weighted by Gasteiger charge is 2.29. The van der Waals surface area contributed by atoms with Gasteiger partial charge in [0.2, 0.25) is 5.69 Å². The molecule has 0 unspecified atom stereocenters. The van der Waals surface area contributed by atoms with Crippen molar-refractivity contribution in [1.82, 2.24) is 9.78 Å². The van der Waals surface area contributed by atoms with E-state index in [1.165, 1.54) is 0 Å². The Labute approximate surface area is 202 Å². The SMILES string of the molecule is [C-]#[N+]c1c(-c2c(-c3ccc4c(c3)C(CN)=NCC4=O)cnn2C)cc2ccccc2c1OC1CC1. The first-order valence-electron chi connectivity index (χ1n) is 11.6. The monoisotopic (exact) mass is 461 g/mol. The molecule has 1 fully saturated rings. The maximum atomic E-state index is 12.4. The Balaban J connectivity index is 1.58. The van der Waals surface area contributed by atoms with Crippen molar-refractivity contribution in [2.75, 3.05) is 13.1 Å². The van der Waals surface area contributed by atoms with Crippen molar-refractivity contribution >= 4 is 28.0 Å². The normalized spacial score (nSPS) is 15.0. The molecule has 35 heavy (non-hydrogen) atoms. The molecule has 2 aliphatic rings. The zero-order valence-electron chi connectivity index (χ0n) is 19.3. The van der Waals surface area contributed by atoms with Crippen molar-refractivity contribution in [2.24, 2.45) is 17.8 Å². The van der Waals surface area contributed by atoms with Crippen LogP contribution < -0.4 is 10.5 Å². The molecular weight excluding hydrogens is 438 g/mol. The first-order valence-corrected chi connectivity index (χ1v) is 11.6. The van der Waals surface area contributed by atoms with Crippen molar-refractivity contribution in [3.05, 3.63) is 77.3 Å². The number of aliphatic imine (C=N–C) groups is 1. The van der Waals surface area contributed by atoms with Crippen LogP contribution in [0.5, 0.6) is 5.75 Å². The second-order valence-electron chi connectivity index (χ2n) is 8.93. The number of fused-ring (bicyclic) bond motifs is 2. The van der Waals surface area contributed by atoms with Gasteiger partial charge in [-0.3, -0.25) is 14.5 Å². The van der Waals surface area contributed by atoms with E-state index in [0.29, 0.717) is 17.0 Å². The van der Waals surface area contributed by atoms with Gasteiger partial charge in [-0.1, -0.05) is 42.5 Å². The van der Waals surface area contributed by atoms with Gasteiger partial charge in [-0.25, -0.2) is 4.85 Å². The average molecular weight is 462 g/mol. The topological polar surface area (TPSA) is 86.9 Å². The van der Waals surface area contributed by atoms with Gasteiger partial charge in [0.25, 0.3) is 0 Å². The lowest BCUT2D eigenvalue weighted by Crippen LogP contribution is -2.24. The second-order valence-corrected chi connectivity index (χ2v) is 8.93. The van der Waals surface area contributed by atoms with Crippen molar-refractivity contribution < 1.29 is 9.53 Å². The number of rotatable bonds is 5. The van der Waals surface area contributed by atoms with E-state index >= 15 is 0 Å². The Morgan fingerprint density at radius 3 is 2.71 bits per heavy atom. The molecule has 0 bridgehead atoms. The van der Waals surface area contributed by atoms with Gasteiger partial charge in [0.15, 0.2) is 5.78 Å². The summed E-state index contributed by atoms with van der Waals surface area (Å²) in [6.45, 7) is 8.45. The number of Topliss-reactive ketones (excluding diaryl/α,β-unsaturated/α-hetero) is 1. The molecule has 0 atom stereocenters. The van der Waals surface area contributed by atoms with Gasteiger partial charge in [0, 0.05) is 41.2 Å². The summed E-state index contributed by atoms with van der Waals surface area (Å²) in [6.07, 6.45) is 3.97. The summed E-state index contributed by atoms with van der Waals surface area (Å²) >= 11 is 0. The summed E-state index contributed by atoms with van der Waals surface area (Å²) in [5, 5.41) is 6.49. The van der Waals surface area contributed by atoms with Gasteiger partial charge in [0.1, 0.15) is 12.3 Å². The molecule has 0 radical (unpaired) electrons. The zero-order chi connectivity index (χ0) is 24.1. The molecule has 3 aromatic carbocycles. The van der Waals surface area contributed by atoms with E-state index in [4.69, 9.17) is 17.0 Å². The van der Waals surface area contributed by atoms with Crippen LogP contribution in [0.4, 0.5) is 5.69 Å². The molecule has 1 aromatic heterocycles. The molecule has 2 heterocycles. The summed E-state index contributed by atoms with van der Waals surface area (Å²) in [5.41, 5.74) is 11.9. The van der Waals surface area contributed by atoms with Crippen LogP contribution in [0, 0.1) is 6.57 Å². The number of aromatic nitrogens is 2. The smallest absolute Gasteiger partial charge is 0.237 e. The summed E-state index contributed by atoms with van der Waals surface area (Å²) < 4.78 is 8.08. The van der Waals surface area contributed by atoms with Gasteiger partial charge < -0.3 is 10.5 Å². The van der Waals surface area contributed by atoms with Crippen LogP contribution in [-0.2, 0) is 7.05 Å². The molecule has 1 aliphatic carbocycles. The molecule has 1 aliphatic heterocycles. The van der Waals surface area contributed by atoms with Gasteiger partial charge in [-0.15, -0.1) is 0 Å². The third kappa shape index (κ3) is 3.50. The minimum Gasteiger partial charge on any atom is -0.501 e. The van der Waals surface area contributed by atoms with Crippen molar-refractivity contribution in [3.8, 4) is 28.1 Å². The maximum absolute atomic E-state index is 12.4. The fourth-order valence-corrected chi connectivity index (χ4v) is 4.74. The molecule has 7 heteroatoms. The van der Waals surface area contributed by atoms with Gasteiger partial charge in [0.05, 0.1) is 30.3 Å². The molecular formula is C28H23N5O2. The lowest BCUT2D eigenvalue weighted by molar-refractivity contribution is 0.1000. The number of carbonyl (C=O) groups excluding carboxylic acids is 1. The number of benzene rings is 3. The molecule has 6 rings (SSSR count). The first-order chi connectivity index (χ1) is 17.1. The lowest BCUT2D eigenvalue weighted by atomic mass is 9.91. The van der Waals surface area contributed by atoms with E-state index < -0.39 is 0 Å². The summed E-state index contributed by atoms with van der Waals surface area (Å²) in [5.74, 6) is 0.623. The Bertz CT molecular complexity index is 1590. The third-order valence-corrected chi connectivity index (χ3v) is 6.64. The summed E-state index contributed by atoms with van der Waals surface area (Å²) in [4.78, 5) is 20.7. The number of aryl methyl sites for hydroxylation is 1. The van der Waals surface area contributed by atoms with E-state index in [1.807, 2.05) is 55.6 Å². The molecule has 7 nitrogen and oxygen atoms in total. The van der Waals surface area contributed by atoms with Gasteiger partial charge in [-0.2, -0.15) is 5.10 Å². The molecule has 172 valence electrons. The fourth-order valence-electron chi connectivity index (χ4n) is 4.74. The van der Waals surface area contributed by atoms with Crippen LogP contribution in [-0.4, -0.2) is 40.5 Å². The van der Waals surface area contributed by atoms with Crippen LogP contribution in [0.2, 0.25) is 0 Å². The zero-order valence-corrected chi connectivity index (χ0v) is 19.3. The third-order valence-electron chi connectivity index (χ3n) is 6.64. The quantitative estimate of drug-likeness (QED) is 0.426. The molecule has 0 saturated heterocycles. The van der Waals surface area contributed by atoms with Crippen molar-refractivity contribution in [2.45, 2.75) is 18.9 Å². The van der Waals surface area contributed by atoms with E-state index in [0.717, 1.165) is 57.3 Å². The standard InChI is InChI=1S/C28H23N5O2/c1-30-26-22(12-16-5-3-4-6-19(16)28(26)35-18-8-9-18)27-23(14-32-33(27)2)17-7-10-20-21(11-17)24(13-29)31-15-25(20)34/h3-7,10-12,14,18H,8-9,13,15,29H2,2H3. The lowest BCUT2D eigenvalue weighted by Gasteiger charge is -2.18. The highest BCUT2D eigenvalue weighted by molar-refractivity contribution is 6.16. The Kier molecular flexibility index (Phi) is 4.97. The van der Waals surface area contributed by atoms with E-state index in [9.17, 15) is 4.79 Å². The number of nitrogens with two attached hydrogens (primary N) is 1. The van der Waals surface area contributed by atoms with Crippen LogP contribution in [0.3, 0.4) is 0 Å². The van der Waals surface area contributed by atoms with Crippen LogP contribution in [0.1, 0.15) is 28.8 Å². The van der Waals surface area contributed by atoms with E-state index in [1.54, 1.807) is 10.9 Å². The summed E-state index contributed by atoms with van der Waals surface area (Å²) in [6, 6.07) is 15.8. The van der Waals surface area contributed by atoms with Crippen LogP contribution in [0.15, 0.2) is 59.7 Å². The Morgan fingerprint density at radius 1 is 1.11 bits per heavy atom. The van der Waals surface area contributed by atoms with Gasteiger partial charge >= 0.3 is 0 Å². The largest absolute Gasteiger partial charge is 0.501 e. The van der Waals surface area contributed by atoms with E-state index in [2.05, 4.69) is 14.9 Å². The number of ether oxygens (including phenoxy) is 1. The predicted octanol–water partition coefficient (Wildman–Crippen LogP) is 4.94. The average Bonchev–Trinajstić information content (AvgIpc) is 3.62. The number of hydrogen-bond donors (Lipinski definition) is 1. The number of ketones is 1. The number of nitrogens with zero attached hydrogens (tertiary/aromatic N) is 4. The number of hydrogen-bond acceptors (Lipinski definition) is 5. The minimum absolute atomic E-state index is 0.0122. The molecule has 1 saturated carbocycles. The molecule has 4 aromatic rings. The molecule has 0 amide bonds. The fraction of sp³-hybridized carbons (Fsp3) is 0.214. The van der Waals surface area contributed by atoms with Crippen molar-refractivity contribution in [1.29, 1.82) is 0 Å². The highest BCUT2D eigenvalue weighted by atomic mass is 16.5.